The highest BCUT2D eigenvalue weighted by atomic mass is 16.4. The zero-order valence-corrected chi connectivity index (χ0v) is 21.9. The minimum absolute atomic E-state index is 0.0797. The molecule has 12 nitrogen and oxygen atoms in total. The van der Waals surface area contributed by atoms with Crippen molar-refractivity contribution in [3.63, 3.8) is 0 Å². The molecule has 3 rings (SSSR count). The molecule has 214 valence electrons. The number of aliphatic carboxylic acids is 2. The number of hydrogen-bond donors (Lipinski definition) is 6. The summed E-state index contributed by atoms with van der Waals surface area (Å²) in [5.41, 5.74) is 7.62. The maximum Gasteiger partial charge on any atom is 0.326 e. The van der Waals surface area contributed by atoms with Crippen LogP contribution in [-0.2, 0) is 36.8 Å². The molecule has 1 aliphatic heterocycles. The standard InChI is InChI=1S/C28H34N4O8/c29-20(15-18-8-10-19(33)11-9-18)25(36)31-22(16-17-5-2-1-3-6-17)27(38)32-14-4-7-23(32)26(37)30-21(28(39)40)12-13-24(34)35/h1-3,5-6,8-11,20-23,33H,4,7,12-16,29H2,(H,30,37)(H,31,36)(H,34,35)(H,39,40)/t20-,21-,22-,23-/m0/s1. The smallest absolute Gasteiger partial charge is 0.326 e. The monoisotopic (exact) mass is 554 g/mol. The lowest BCUT2D eigenvalue weighted by atomic mass is 10.0. The highest BCUT2D eigenvalue weighted by molar-refractivity contribution is 5.94. The van der Waals surface area contributed by atoms with Crippen molar-refractivity contribution in [2.24, 2.45) is 5.73 Å². The average Bonchev–Trinajstić information content (AvgIpc) is 3.42. The molecule has 1 heterocycles. The minimum Gasteiger partial charge on any atom is -0.508 e. The Labute approximate surface area is 231 Å². The van der Waals surface area contributed by atoms with Gasteiger partial charge in [-0.3, -0.25) is 19.2 Å². The van der Waals surface area contributed by atoms with Crippen LogP contribution in [0.1, 0.15) is 36.8 Å². The third kappa shape index (κ3) is 8.53. The Bertz CT molecular complexity index is 1200. The number of aromatic hydroxyl groups is 1. The van der Waals surface area contributed by atoms with E-state index < -0.39 is 60.2 Å². The normalized spacial score (nSPS) is 16.9. The summed E-state index contributed by atoms with van der Waals surface area (Å²) in [6.07, 6.45) is 0.333. The lowest BCUT2D eigenvalue weighted by Crippen LogP contribution is -2.57. The van der Waals surface area contributed by atoms with E-state index in [-0.39, 0.29) is 38.0 Å². The van der Waals surface area contributed by atoms with Crippen LogP contribution in [0.3, 0.4) is 0 Å². The predicted molar refractivity (Wildman–Crippen MR) is 143 cm³/mol. The number of nitrogens with two attached hydrogens (primary N) is 1. The molecule has 4 atom stereocenters. The first-order valence-electron chi connectivity index (χ1n) is 13.0. The van der Waals surface area contributed by atoms with Crippen molar-refractivity contribution in [3.8, 4) is 5.75 Å². The molecule has 0 spiro atoms. The number of amides is 3. The van der Waals surface area contributed by atoms with Crippen LogP contribution in [0.2, 0.25) is 0 Å². The second-order valence-corrected chi connectivity index (χ2v) is 9.75. The lowest BCUT2D eigenvalue weighted by Gasteiger charge is -2.30. The van der Waals surface area contributed by atoms with Crippen molar-refractivity contribution >= 4 is 29.7 Å². The summed E-state index contributed by atoms with van der Waals surface area (Å²) in [6.45, 7) is 0.227. The van der Waals surface area contributed by atoms with Gasteiger partial charge >= 0.3 is 11.9 Å². The quantitative estimate of drug-likeness (QED) is 0.203. The molecule has 2 aromatic rings. The first-order chi connectivity index (χ1) is 19.0. The maximum absolute atomic E-state index is 13.7. The molecular formula is C28H34N4O8. The van der Waals surface area contributed by atoms with Gasteiger partial charge in [0, 0.05) is 19.4 Å². The first kappa shape index (κ1) is 30.1. The van der Waals surface area contributed by atoms with E-state index in [1.54, 1.807) is 36.4 Å². The number of benzene rings is 2. The van der Waals surface area contributed by atoms with Gasteiger partial charge in [0.1, 0.15) is 23.9 Å². The molecule has 0 unspecified atom stereocenters. The molecular weight excluding hydrogens is 520 g/mol. The summed E-state index contributed by atoms with van der Waals surface area (Å²) in [6, 6.07) is 10.8. The van der Waals surface area contributed by atoms with Crippen molar-refractivity contribution < 1.29 is 39.3 Å². The number of nitrogens with one attached hydrogen (secondary N) is 2. The van der Waals surface area contributed by atoms with Gasteiger partial charge in [-0.25, -0.2) is 4.79 Å². The van der Waals surface area contributed by atoms with Crippen LogP contribution in [0.15, 0.2) is 54.6 Å². The van der Waals surface area contributed by atoms with Crippen molar-refractivity contribution in [1.29, 1.82) is 0 Å². The Morgan fingerprint density at radius 3 is 2.17 bits per heavy atom. The molecule has 0 saturated carbocycles. The fourth-order valence-electron chi connectivity index (χ4n) is 4.60. The van der Waals surface area contributed by atoms with Crippen molar-refractivity contribution in [2.75, 3.05) is 6.54 Å². The third-order valence-electron chi connectivity index (χ3n) is 6.73. The number of nitrogens with zero attached hydrogens (tertiary/aromatic N) is 1. The fourth-order valence-corrected chi connectivity index (χ4v) is 4.60. The molecule has 2 aromatic carbocycles. The van der Waals surface area contributed by atoms with Crippen LogP contribution in [0.4, 0.5) is 0 Å². The number of phenolic OH excluding ortho intramolecular Hbond substituents is 1. The second kappa shape index (κ2) is 14.1. The number of carbonyl (C=O) groups excluding carboxylic acids is 3. The van der Waals surface area contributed by atoms with E-state index in [0.29, 0.717) is 6.42 Å². The summed E-state index contributed by atoms with van der Waals surface area (Å²) in [5.74, 6) is -4.26. The number of rotatable bonds is 13. The Balaban J connectivity index is 1.74. The third-order valence-corrected chi connectivity index (χ3v) is 6.73. The molecule has 1 aliphatic rings. The summed E-state index contributed by atoms with van der Waals surface area (Å²) in [5, 5.41) is 32.9. The zero-order chi connectivity index (χ0) is 29.2. The minimum atomic E-state index is -1.42. The SMILES string of the molecule is N[C@@H](Cc1ccc(O)cc1)C(=O)N[C@@H](Cc1ccccc1)C(=O)N1CCC[C@H]1C(=O)N[C@@H](CCC(=O)O)C(=O)O. The van der Waals surface area contributed by atoms with Gasteiger partial charge in [0.05, 0.1) is 6.04 Å². The molecule has 3 amide bonds. The number of hydrogen-bond acceptors (Lipinski definition) is 7. The molecule has 40 heavy (non-hydrogen) atoms. The predicted octanol–water partition coefficient (Wildman–Crippen LogP) is 0.415. The molecule has 7 N–H and O–H groups in total. The molecule has 1 saturated heterocycles. The Morgan fingerprint density at radius 2 is 1.55 bits per heavy atom. The van der Waals surface area contributed by atoms with Gasteiger partial charge in [0.25, 0.3) is 0 Å². The molecule has 0 bridgehead atoms. The fraction of sp³-hybridized carbons (Fsp3) is 0.393. The van der Waals surface area contributed by atoms with Crippen LogP contribution >= 0.6 is 0 Å². The van der Waals surface area contributed by atoms with E-state index in [2.05, 4.69) is 10.6 Å². The maximum atomic E-state index is 13.7. The summed E-state index contributed by atoms with van der Waals surface area (Å²) >= 11 is 0. The molecule has 1 fully saturated rings. The van der Waals surface area contributed by atoms with E-state index in [1.165, 1.54) is 17.0 Å². The van der Waals surface area contributed by atoms with Crippen molar-refractivity contribution in [3.05, 3.63) is 65.7 Å². The van der Waals surface area contributed by atoms with Gasteiger partial charge in [0.2, 0.25) is 17.7 Å². The first-order valence-corrected chi connectivity index (χ1v) is 13.0. The molecule has 0 aliphatic carbocycles. The van der Waals surface area contributed by atoms with Gasteiger partial charge in [-0.05, 0) is 48.9 Å². The van der Waals surface area contributed by atoms with Crippen LogP contribution in [0.25, 0.3) is 0 Å². The highest BCUT2D eigenvalue weighted by Crippen LogP contribution is 2.20. The lowest BCUT2D eigenvalue weighted by molar-refractivity contribution is -0.145. The van der Waals surface area contributed by atoms with Gasteiger partial charge in [0.15, 0.2) is 0 Å². The van der Waals surface area contributed by atoms with Crippen LogP contribution < -0.4 is 16.4 Å². The number of carboxylic acid groups (broad SMARTS) is 2. The van der Waals surface area contributed by atoms with Crippen LogP contribution in [-0.4, -0.2) is 80.6 Å². The number of phenols is 1. The number of likely N-dealkylation sites (tertiary alicyclic amines) is 1. The Kier molecular flexibility index (Phi) is 10.6. The van der Waals surface area contributed by atoms with Gasteiger partial charge in [-0.2, -0.15) is 0 Å². The average molecular weight is 555 g/mol. The molecule has 0 radical (unpaired) electrons. The van der Waals surface area contributed by atoms with E-state index in [9.17, 15) is 34.2 Å². The van der Waals surface area contributed by atoms with Crippen molar-refractivity contribution in [1.82, 2.24) is 15.5 Å². The Hall–Kier alpha value is -4.45. The van der Waals surface area contributed by atoms with E-state index in [1.807, 2.05) is 6.07 Å². The van der Waals surface area contributed by atoms with E-state index in [0.717, 1.165) is 11.1 Å². The van der Waals surface area contributed by atoms with Crippen LogP contribution in [0.5, 0.6) is 5.75 Å². The zero-order valence-electron chi connectivity index (χ0n) is 21.9. The Morgan fingerprint density at radius 1 is 0.900 bits per heavy atom. The van der Waals surface area contributed by atoms with E-state index in [4.69, 9.17) is 10.8 Å². The van der Waals surface area contributed by atoms with Crippen molar-refractivity contribution in [2.45, 2.75) is 62.7 Å². The largest absolute Gasteiger partial charge is 0.508 e. The van der Waals surface area contributed by atoms with E-state index >= 15 is 0 Å². The summed E-state index contributed by atoms with van der Waals surface area (Å²) < 4.78 is 0. The summed E-state index contributed by atoms with van der Waals surface area (Å²) in [4.78, 5) is 63.5. The summed E-state index contributed by atoms with van der Waals surface area (Å²) in [7, 11) is 0. The van der Waals surface area contributed by atoms with Gasteiger partial charge in [-0.15, -0.1) is 0 Å². The number of carbonyl (C=O) groups is 5. The second-order valence-electron chi connectivity index (χ2n) is 9.75. The molecule has 12 heteroatoms. The molecule has 0 aromatic heterocycles. The highest BCUT2D eigenvalue weighted by Gasteiger charge is 2.39. The number of carboxylic acids is 2. The van der Waals surface area contributed by atoms with Gasteiger partial charge < -0.3 is 36.6 Å². The topological polar surface area (TPSA) is 199 Å². The van der Waals surface area contributed by atoms with Crippen LogP contribution in [0, 0.1) is 0 Å². The van der Waals surface area contributed by atoms with Gasteiger partial charge in [-0.1, -0.05) is 42.5 Å².